The molecule has 1 aromatic carbocycles. The topological polar surface area (TPSA) is 72.3 Å². The molecule has 0 aliphatic heterocycles. The smallest absolute Gasteiger partial charge is 0.343 e. The van der Waals surface area contributed by atoms with Crippen LogP contribution in [0.3, 0.4) is 0 Å². The van der Waals surface area contributed by atoms with Crippen LogP contribution >= 0.6 is 11.6 Å². The normalized spacial score (nSPS) is 10.8. The highest BCUT2D eigenvalue weighted by Crippen LogP contribution is 2.25. The molecular weight excluding hydrogens is 304 g/mol. The summed E-state index contributed by atoms with van der Waals surface area (Å²) in [7, 11) is 0. The Morgan fingerprint density at radius 1 is 1.27 bits per heavy atom. The van der Waals surface area contributed by atoms with E-state index in [2.05, 4.69) is 9.97 Å². The van der Waals surface area contributed by atoms with E-state index in [1.807, 2.05) is 13.8 Å². The van der Waals surface area contributed by atoms with E-state index in [0.717, 1.165) is 5.56 Å². The van der Waals surface area contributed by atoms with Gasteiger partial charge < -0.3 is 9.84 Å². The molecule has 6 heteroatoms. The predicted molar refractivity (Wildman–Crippen MR) is 84.5 cm³/mol. The molecule has 0 aliphatic carbocycles. The summed E-state index contributed by atoms with van der Waals surface area (Å²) in [5.74, 6) is -0.327. The van der Waals surface area contributed by atoms with Gasteiger partial charge in [-0.1, -0.05) is 25.4 Å². The summed E-state index contributed by atoms with van der Waals surface area (Å²) in [6.45, 7) is 5.98. The van der Waals surface area contributed by atoms with Gasteiger partial charge in [0, 0.05) is 10.6 Å². The summed E-state index contributed by atoms with van der Waals surface area (Å²) in [5, 5.41) is 9.94. The van der Waals surface area contributed by atoms with E-state index in [1.165, 1.54) is 0 Å². The van der Waals surface area contributed by atoms with Crippen LogP contribution in [0.2, 0.25) is 5.02 Å². The third-order valence-corrected chi connectivity index (χ3v) is 3.18. The maximum Gasteiger partial charge on any atom is 0.343 e. The Morgan fingerprint density at radius 2 is 1.91 bits per heavy atom. The number of benzene rings is 1. The first-order valence-electron chi connectivity index (χ1n) is 6.89. The Hall–Kier alpha value is -2.14. The lowest BCUT2D eigenvalue weighted by Crippen LogP contribution is -2.13. The second-order valence-corrected chi connectivity index (χ2v) is 5.77. The highest BCUT2D eigenvalue weighted by atomic mass is 35.5. The molecular formula is C16H17ClN2O3. The number of ether oxygens (including phenoxy) is 1. The second-order valence-electron chi connectivity index (χ2n) is 5.33. The van der Waals surface area contributed by atoms with E-state index in [0.29, 0.717) is 23.1 Å². The minimum Gasteiger partial charge on any atom is -0.477 e. The van der Waals surface area contributed by atoms with E-state index in [-0.39, 0.29) is 17.4 Å². The molecule has 0 aliphatic rings. The first-order valence-corrected chi connectivity index (χ1v) is 7.27. The van der Waals surface area contributed by atoms with Crippen molar-refractivity contribution in [2.75, 3.05) is 6.61 Å². The van der Waals surface area contributed by atoms with Crippen LogP contribution in [0.25, 0.3) is 11.4 Å². The van der Waals surface area contributed by atoms with Gasteiger partial charge in [-0.05, 0) is 37.1 Å². The van der Waals surface area contributed by atoms with E-state index in [4.69, 9.17) is 16.3 Å². The van der Waals surface area contributed by atoms with Crippen LogP contribution < -0.4 is 4.74 Å². The fourth-order valence-electron chi connectivity index (χ4n) is 1.87. The van der Waals surface area contributed by atoms with Crippen LogP contribution in [-0.4, -0.2) is 27.7 Å². The molecule has 2 rings (SSSR count). The van der Waals surface area contributed by atoms with Gasteiger partial charge >= 0.3 is 5.97 Å². The second kappa shape index (κ2) is 6.75. The molecule has 0 saturated carbocycles. The van der Waals surface area contributed by atoms with Crippen molar-refractivity contribution in [2.45, 2.75) is 20.8 Å². The minimum absolute atomic E-state index is 0.00152. The van der Waals surface area contributed by atoms with Gasteiger partial charge in [-0.3, -0.25) is 0 Å². The van der Waals surface area contributed by atoms with Crippen LogP contribution in [0, 0.1) is 12.8 Å². The molecule has 2 aromatic rings. The Labute approximate surface area is 133 Å². The molecule has 0 bridgehead atoms. The molecule has 0 saturated heterocycles. The molecule has 0 atom stereocenters. The molecule has 1 N–H and O–H groups in total. The highest BCUT2D eigenvalue weighted by molar-refractivity contribution is 6.30. The number of halogens is 1. The van der Waals surface area contributed by atoms with Gasteiger partial charge in [0.15, 0.2) is 5.82 Å². The summed E-state index contributed by atoms with van der Waals surface area (Å²) in [4.78, 5) is 19.9. The lowest BCUT2D eigenvalue weighted by atomic mass is 10.2. The summed E-state index contributed by atoms with van der Waals surface area (Å²) in [6, 6.07) is 7.03. The van der Waals surface area contributed by atoms with Gasteiger partial charge in [-0.2, -0.15) is 4.98 Å². The lowest BCUT2D eigenvalue weighted by molar-refractivity contribution is 0.0689. The van der Waals surface area contributed by atoms with E-state index < -0.39 is 5.97 Å². The number of carbonyl (C=O) groups is 1. The molecule has 0 fully saturated rings. The number of nitrogens with zero attached hydrogens (tertiary/aromatic N) is 2. The van der Waals surface area contributed by atoms with Crippen LogP contribution in [0.5, 0.6) is 5.88 Å². The van der Waals surface area contributed by atoms with E-state index in [1.54, 1.807) is 31.2 Å². The number of aromatic carboxylic acids is 1. The quantitative estimate of drug-likeness (QED) is 0.906. The maximum atomic E-state index is 11.4. The summed E-state index contributed by atoms with van der Waals surface area (Å²) in [6.07, 6.45) is 0. The molecule has 1 aromatic heterocycles. The van der Waals surface area contributed by atoms with Crippen molar-refractivity contribution in [1.82, 2.24) is 9.97 Å². The Balaban J connectivity index is 2.48. The summed E-state index contributed by atoms with van der Waals surface area (Å²) in [5.41, 5.74) is 1.11. The van der Waals surface area contributed by atoms with Gasteiger partial charge in [0.2, 0.25) is 5.88 Å². The Bertz CT molecular complexity index is 685. The highest BCUT2D eigenvalue weighted by Gasteiger charge is 2.20. The van der Waals surface area contributed by atoms with Gasteiger partial charge in [0.1, 0.15) is 5.56 Å². The van der Waals surface area contributed by atoms with Crippen molar-refractivity contribution in [1.29, 1.82) is 0 Å². The molecule has 0 unspecified atom stereocenters. The molecule has 0 spiro atoms. The molecule has 1 heterocycles. The van der Waals surface area contributed by atoms with Crippen molar-refractivity contribution < 1.29 is 14.6 Å². The molecule has 0 radical (unpaired) electrons. The van der Waals surface area contributed by atoms with Crippen LogP contribution in [0.1, 0.15) is 29.9 Å². The third kappa shape index (κ3) is 3.74. The standard InChI is InChI=1S/C16H17ClN2O3/c1-9(2)8-22-15-13(16(20)21)10(3)18-14(19-15)11-4-6-12(17)7-5-11/h4-7,9H,8H2,1-3H3,(H,20,21). The molecule has 5 nitrogen and oxygen atoms in total. The van der Waals surface area contributed by atoms with Crippen molar-refractivity contribution in [3.63, 3.8) is 0 Å². The predicted octanol–water partition coefficient (Wildman–Crippen LogP) is 3.84. The monoisotopic (exact) mass is 320 g/mol. The summed E-state index contributed by atoms with van der Waals surface area (Å²) >= 11 is 5.87. The van der Waals surface area contributed by atoms with Crippen molar-refractivity contribution in [3.05, 3.63) is 40.5 Å². The summed E-state index contributed by atoms with van der Waals surface area (Å²) < 4.78 is 5.57. The van der Waals surface area contributed by atoms with Crippen LogP contribution in [-0.2, 0) is 0 Å². The fourth-order valence-corrected chi connectivity index (χ4v) is 2.00. The SMILES string of the molecule is Cc1nc(-c2ccc(Cl)cc2)nc(OCC(C)C)c1C(=O)O. The maximum absolute atomic E-state index is 11.4. The molecule has 22 heavy (non-hydrogen) atoms. The van der Waals surface area contributed by atoms with Crippen molar-refractivity contribution in [3.8, 4) is 17.3 Å². The first kappa shape index (κ1) is 16.2. The van der Waals surface area contributed by atoms with Gasteiger partial charge in [-0.15, -0.1) is 0 Å². The molecule has 116 valence electrons. The average molecular weight is 321 g/mol. The van der Waals surface area contributed by atoms with E-state index >= 15 is 0 Å². The Kier molecular flexibility index (Phi) is 4.98. The zero-order valence-electron chi connectivity index (χ0n) is 12.6. The number of hydrogen-bond acceptors (Lipinski definition) is 4. The van der Waals surface area contributed by atoms with E-state index in [9.17, 15) is 9.90 Å². The molecule has 0 amide bonds. The number of aryl methyl sites for hydroxylation is 1. The number of hydrogen-bond donors (Lipinski definition) is 1. The van der Waals surface area contributed by atoms with Gasteiger partial charge in [0.25, 0.3) is 0 Å². The average Bonchev–Trinajstić information content (AvgIpc) is 2.44. The van der Waals surface area contributed by atoms with Gasteiger partial charge in [0.05, 0.1) is 12.3 Å². The van der Waals surface area contributed by atoms with Crippen LogP contribution in [0.4, 0.5) is 0 Å². The number of carboxylic acid groups (broad SMARTS) is 1. The van der Waals surface area contributed by atoms with Gasteiger partial charge in [-0.25, -0.2) is 9.78 Å². The minimum atomic E-state index is -1.10. The third-order valence-electron chi connectivity index (χ3n) is 2.93. The lowest BCUT2D eigenvalue weighted by Gasteiger charge is -2.13. The number of carboxylic acids is 1. The number of rotatable bonds is 5. The fraction of sp³-hybridized carbons (Fsp3) is 0.312. The Morgan fingerprint density at radius 3 is 2.45 bits per heavy atom. The number of aromatic nitrogens is 2. The zero-order chi connectivity index (χ0) is 16.3. The largest absolute Gasteiger partial charge is 0.477 e. The van der Waals surface area contributed by atoms with Crippen molar-refractivity contribution >= 4 is 17.6 Å². The van der Waals surface area contributed by atoms with Crippen LogP contribution in [0.15, 0.2) is 24.3 Å². The van der Waals surface area contributed by atoms with Crippen molar-refractivity contribution in [2.24, 2.45) is 5.92 Å². The first-order chi connectivity index (χ1) is 10.4. The zero-order valence-corrected chi connectivity index (χ0v) is 13.4.